The normalized spacial score (nSPS) is 17.8. The van der Waals surface area contributed by atoms with E-state index in [1.807, 2.05) is 30.3 Å². The second-order valence-corrected chi connectivity index (χ2v) is 12.6. The average Bonchev–Trinajstić information content (AvgIpc) is 2.99. The van der Waals surface area contributed by atoms with Crippen molar-refractivity contribution < 1.29 is 36.6 Å². The summed E-state index contributed by atoms with van der Waals surface area (Å²) in [5.74, 6) is -1.24. The number of halogens is 2. The zero-order chi connectivity index (χ0) is 30.6. The van der Waals surface area contributed by atoms with E-state index >= 15 is 0 Å². The SMILES string of the molecule is CC(OC(=O)[C@@H](N)Cc1cccc(S(=O)(=O)N2CC(Oc3cccc(F)c3)(c3ccccc3)C2)c1)C(=O)N1CCOCC1.Cl. The Bertz CT molecular complexity index is 1570. The maximum absolute atomic E-state index is 13.9. The zero-order valence-electron chi connectivity index (χ0n) is 24.1. The highest BCUT2D eigenvalue weighted by Gasteiger charge is 2.52. The number of amides is 1. The molecule has 5 rings (SSSR count). The molecule has 2 heterocycles. The summed E-state index contributed by atoms with van der Waals surface area (Å²) in [7, 11) is -3.94. The van der Waals surface area contributed by atoms with E-state index in [0.717, 1.165) is 5.56 Å². The number of sulfonamides is 1. The van der Waals surface area contributed by atoms with Gasteiger partial charge in [-0.2, -0.15) is 4.31 Å². The number of rotatable bonds is 10. The number of hydrogen-bond acceptors (Lipinski definition) is 8. The first kappa shape index (κ1) is 33.3. The summed E-state index contributed by atoms with van der Waals surface area (Å²) in [4.78, 5) is 26.8. The van der Waals surface area contributed by atoms with Crippen LogP contribution in [0.1, 0.15) is 18.1 Å². The van der Waals surface area contributed by atoms with Gasteiger partial charge in [-0.05, 0) is 48.7 Å². The molecule has 2 aliphatic rings. The Morgan fingerprint density at radius 3 is 2.36 bits per heavy atom. The topological polar surface area (TPSA) is 128 Å². The van der Waals surface area contributed by atoms with E-state index in [0.29, 0.717) is 37.6 Å². The monoisotopic (exact) mass is 647 g/mol. The minimum Gasteiger partial charge on any atom is -0.480 e. The van der Waals surface area contributed by atoms with Gasteiger partial charge in [0.25, 0.3) is 5.91 Å². The van der Waals surface area contributed by atoms with E-state index in [4.69, 9.17) is 19.9 Å². The number of carbonyl (C=O) groups is 2. The molecule has 0 saturated carbocycles. The third-order valence-corrected chi connectivity index (χ3v) is 9.32. The highest BCUT2D eigenvalue weighted by atomic mass is 35.5. The van der Waals surface area contributed by atoms with Crippen molar-refractivity contribution in [2.45, 2.75) is 36.0 Å². The maximum Gasteiger partial charge on any atom is 0.324 e. The van der Waals surface area contributed by atoms with Gasteiger partial charge < -0.3 is 24.8 Å². The molecule has 13 heteroatoms. The lowest BCUT2D eigenvalue weighted by Crippen LogP contribution is -2.64. The Morgan fingerprint density at radius 1 is 1.00 bits per heavy atom. The van der Waals surface area contributed by atoms with Crippen LogP contribution in [0.15, 0.2) is 83.8 Å². The number of ether oxygens (including phenoxy) is 3. The summed E-state index contributed by atoms with van der Waals surface area (Å²) in [6.07, 6.45) is -0.994. The molecule has 236 valence electrons. The largest absolute Gasteiger partial charge is 0.480 e. The van der Waals surface area contributed by atoms with Crippen molar-refractivity contribution in [3.63, 3.8) is 0 Å². The van der Waals surface area contributed by atoms with Crippen LogP contribution in [-0.4, -0.2) is 81.0 Å². The molecule has 1 unspecified atom stereocenters. The van der Waals surface area contributed by atoms with E-state index in [1.165, 1.54) is 41.6 Å². The van der Waals surface area contributed by atoms with Crippen LogP contribution in [0.25, 0.3) is 0 Å². The van der Waals surface area contributed by atoms with E-state index in [2.05, 4.69) is 0 Å². The highest BCUT2D eigenvalue weighted by Crippen LogP contribution is 2.40. The van der Waals surface area contributed by atoms with E-state index in [1.54, 1.807) is 23.1 Å². The van der Waals surface area contributed by atoms with Gasteiger partial charge in [-0.25, -0.2) is 12.8 Å². The molecule has 3 aromatic carbocycles. The van der Waals surface area contributed by atoms with Gasteiger partial charge in [0.2, 0.25) is 10.0 Å². The molecule has 0 radical (unpaired) electrons. The lowest BCUT2D eigenvalue weighted by Gasteiger charge is -2.48. The quantitative estimate of drug-likeness (QED) is 0.333. The number of benzene rings is 3. The van der Waals surface area contributed by atoms with Gasteiger partial charge in [-0.1, -0.05) is 48.5 Å². The lowest BCUT2D eigenvalue weighted by atomic mass is 9.87. The smallest absolute Gasteiger partial charge is 0.324 e. The Hall–Kier alpha value is -3.55. The molecule has 2 N–H and O–H groups in total. The van der Waals surface area contributed by atoms with Crippen molar-refractivity contribution in [2.24, 2.45) is 5.73 Å². The standard InChI is InChI=1S/C31H34FN3O7S.ClH/c1-22(29(36)34-13-15-40-16-14-34)41-30(37)28(33)18-23-7-5-12-27(17-23)43(38,39)35-20-31(21-35,24-8-3-2-4-9-24)42-26-11-6-10-25(32)19-26;/h2-12,17,19,22,28H,13-16,18,20-21,33H2,1H3;1H/t22?,28-;/m0./s1. The molecule has 2 fully saturated rings. The molecule has 1 amide bonds. The fraction of sp³-hybridized carbons (Fsp3) is 0.355. The average molecular weight is 648 g/mol. The Labute approximate surface area is 262 Å². The summed E-state index contributed by atoms with van der Waals surface area (Å²) >= 11 is 0. The molecule has 3 aromatic rings. The van der Waals surface area contributed by atoms with Crippen molar-refractivity contribution in [2.75, 3.05) is 39.4 Å². The van der Waals surface area contributed by atoms with Gasteiger partial charge in [0.15, 0.2) is 11.7 Å². The Kier molecular flexibility index (Phi) is 10.6. The zero-order valence-corrected chi connectivity index (χ0v) is 25.8. The first-order valence-electron chi connectivity index (χ1n) is 14.0. The minimum absolute atomic E-state index is 0. The molecule has 44 heavy (non-hydrogen) atoms. The summed E-state index contributed by atoms with van der Waals surface area (Å²) in [5, 5.41) is 0. The second-order valence-electron chi connectivity index (χ2n) is 10.7. The summed E-state index contributed by atoms with van der Waals surface area (Å²) in [5.41, 5.74) is 6.38. The number of hydrogen-bond donors (Lipinski definition) is 1. The van der Waals surface area contributed by atoms with Gasteiger partial charge in [0, 0.05) is 19.2 Å². The molecule has 0 spiro atoms. The van der Waals surface area contributed by atoms with Gasteiger partial charge in [0.1, 0.15) is 17.6 Å². The van der Waals surface area contributed by atoms with Crippen LogP contribution in [-0.2, 0) is 41.1 Å². The summed E-state index contributed by atoms with van der Waals surface area (Å²) in [6.45, 7) is 3.23. The first-order valence-corrected chi connectivity index (χ1v) is 15.4. The lowest BCUT2D eigenvalue weighted by molar-refractivity contribution is -0.161. The highest BCUT2D eigenvalue weighted by molar-refractivity contribution is 7.89. The number of esters is 1. The van der Waals surface area contributed by atoms with E-state index in [-0.39, 0.29) is 42.7 Å². The van der Waals surface area contributed by atoms with Gasteiger partial charge in [-0.3, -0.25) is 9.59 Å². The molecule has 0 aliphatic carbocycles. The second kappa shape index (κ2) is 14.0. The number of carbonyl (C=O) groups excluding carboxylic acids is 2. The predicted molar refractivity (Wildman–Crippen MR) is 162 cm³/mol. The fourth-order valence-electron chi connectivity index (χ4n) is 5.17. The van der Waals surface area contributed by atoms with Crippen LogP contribution in [0, 0.1) is 5.82 Å². The van der Waals surface area contributed by atoms with Gasteiger partial charge in [0.05, 0.1) is 31.2 Å². The third-order valence-electron chi connectivity index (χ3n) is 7.53. The van der Waals surface area contributed by atoms with Crippen LogP contribution in [0.5, 0.6) is 5.75 Å². The van der Waals surface area contributed by atoms with E-state index in [9.17, 15) is 22.4 Å². The molecule has 0 aromatic heterocycles. The number of nitrogens with two attached hydrogens (primary N) is 1. The Balaban J connectivity index is 0.00000442. The molecule has 10 nitrogen and oxygen atoms in total. The van der Waals surface area contributed by atoms with Crippen molar-refractivity contribution in [1.29, 1.82) is 0 Å². The van der Waals surface area contributed by atoms with Crippen LogP contribution in [0.3, 0.4) is 0 Å². The molecular weight excluding hydrogens is 613 g/mol. The maximum atomic E-state index is 13.9. The van der Waals surface area contributed by atoms with Crippen LogP contribution in [0.2, 0.25) is 0 Å². The molecule has 2 aliphatic heterocycles. The third kappa shape index (κ3) is 7.39. The molecular formula is C31H35ClFN3O7S. The minimum atomic E-state index is -3.94. The van der Waals surface area contributed by atoms with Gasteiger partial charge >= 0.3 is 5.97 Å². The molecule has 2 atom stereocenters. The Morgan fingerprint density at radius 2 is 1.68 bits per heavy atom. The first-order chi connectivity index (χ1) is 20.6. The van der Waals surface area contributed by atoms with Crippen molar-refractivity contribution in [1.82, 2.24) is 9.21 Å². The van der Waals surface area contributed by atoms with Crippen LogP contribution < -0.4 is 10.5 Å². The van der Waals surface area contributed by atoms with Gasteiger partial charge in [-0.15, -0.1) is 12.4 Å². The number of morpholine rings is 1. The molecule has 2 saturated heterocycles. The number of nitrogens with zero attached hydrogens (tertiary/aromatic N) is 2. The van der Waals surface area contributed by atoms with Crippen molar-refractivity contribution in [3.8, 4) is 5.75 Å². The van der Waals surface area contributed by atoms with Crippen LogP contribution in [0.4, 0.5) is 4.39 Å². The predicted octanol–water partition coefficient (Wildman–Crippen LogP) is 2.89. The van der Waals surface area contributed by atoms with Crippen LogP contribution >= 0.6 is 12.4 Å². The summed E-state index contributed by atoms with van der Waals surface area (Å²) in [6, 6.07) is 20.0. The molecule has 0 bridgehead atoms. The van der Waals surface area contributed by atoms with E-state index < -0.39 is 39.6 Å². The summed E-state index contributed by atoms with van der Waals surface area (Å²) < 4.78 is 59.2. The fourth-order valence-corrected chi connectivity index (χ4v) is 6.78. The van der Waals surface area contributed by atoms with Crippen molar-refractivity contribution in [3.05, 3.63) is 95.8 Å². The van der Waals surface area contributed by atoms with Crippen molar-refractivity contribution >= 4 is 34.3 Å².